The largest absolute Gasteiger partial charge is 0.370 e. The molecule has 0 bridgehead atoms. The summed E-state index contributed by atoms with van der Waals surface area (Å²) in [5.74, 6) is 0.615. The summed E-state index contributed by atoms with van der Waals surface area (Å²) < 4.78 is 26.8. The number of fused-ring (bicyclic) bond motifs is 1. The number of hydrogen-bond acceptors (Lipinski definition) is 6. The van der Waals surface area contributed by atoms with Gasteiger partial charge in [0.2, 0.25) is 10.0 Å². The molecule has 0 atom stereocenters. The first-order valence-corrected chi connectivity index (χ1v) is 9.86. The lowest BCUT2D eigenvalue weighted by atomic mass is 10.2. The zero-order valence-corrected chi connectivity index (χ0v) is 15.8. The van der Waals surface area contributed by atoms with Gasteiger partial charge in [-0.15, -0.1) is 0 Å². The minimum atomic E-state index is -3.55. The van der Waals surface area contributed by atoms with Gasteiger partial charge < -0.3 is 15.2 Å². The molecule has 2 heterocycles. The van der Waals surface area contributed by atoms with Crippen molar-refractivity contribution in [3.63, 3.8) is 0 Å². The highest BCUT2D eigenvalue weighted by Gasteiger charge is 2.17. The van der Waals surface area contributed by atoms with E-state index in [2.05, 4.69) is 43.7 Å². The maximum absolute atomic E-state index is 12.2. The summed E-state index contributed by atoms with van der Waals surface area (Å²) in [6.45, 7) is 5.71. The van der Waals surface area contributed by atoms with Crippen LogP contribution in [0.1, 0.15) is 13.8 Å². The molecule has 0 saturated carbocycles. The predicted octanol–water partition coefficient (Wildman–Crippen LogP) is 2.46. The zero-order valence-electron chi connectivity index (χ0n) is 14.9. The van der Waals surface area contributed by atoms with Crippen LogP contribution in [0.15, 0.2) is 41.7 Å². The van der Waals surface area contributed by atoms with Crippen LogP contribution in [-0.4, -0.2) is 43.5 Å². The summed E-state index contributed by atoms with van der Waals surface area (Å²) in [6.07, 6.45) is 3.25. The van der Waals surface area contributed by atoms with Gasteiger partial charge in [-0.2, -0.15) is 0 Å². The van der Waals surface area contributed by atoms with E-state index < -0.39 is 10.0 Å². The Morgan fingerprint density at radius 1 is 1.15 bits per heavy atom. The molecule has 0 aliphatic rings. The van der Waals surface area contributed by atoms with Gasteiger partial charge in [0.05, 0.1) is 21.7 Å². The molecule has 0 amide bonds. The van der Waals surface area contributed by atoms with E-state index in [1.165, 1.54) is 13.4 Å². The van der Waals surface area contributed by atoms with Crippen LogP contribution >= 0.6 is 0 Å². The number of rotatable bonds is 7. The van der Waals surface area contributed by atoms with Crippen molar-refractivity contribution in [3.8, 4) is 0 Å². The van der Waals surface area contributed by atoms with E-state index in [1.807, 2.05) is 12.1 Å². The second-order valence-electron chi connectivity index (χ2n) is 5.65. The highest BCUT2D eigenvalue weighted by atomic mass is 32.2. The minimum absolute atomic E-state index is 0.192. The number of nitrogens with one attached hydrogen (secondary N) is 3. The molecule has 0 fully saturated rings. The van der Waals surface area contributed by atoms with Gasteiger partial charge >= 0.3 is 0 Å². The van der Waals surface area contributed by atoms with E-state index in [4.69, 9.17) is 0 Å². The van der Waals surface area contributed by atoms with Gasteiger partial charge in [-0.3, -0.25) is 0 Å². The Bertz CT molecular complexity index is 1010. The van der Waals surface area contributed by atoms with Crippen LogP contribution in [0.3, 0.4) is 0 Å². The van der Waals surface area contributed by atoms with Crippen molar-refractivity contribution in [3.05, 3.63) is 36.8 Å². The number of sulfonamides is 1. The van der Waals surface area contributed by atoms with E-state index in [9.17, 15) is 8.42 Å². The molecule has 0 spiro atoms. The van der Waals surface area contributed by atoms with E-state index in [0.29, 0.717) is 17.2 Å². The lowest BCUT2D eigenvalue weighted by molar-refractivity contribution is 0.588. The van der Waals surface area contributed by atoms with Crippen molar-refractivity contribution in [2.24, 2.45) is 0 Å². The minimum Gasteiger partial charge on any atom is -0.370 e. The smallest absolute Gasteiger partial charge is 0.240 e. The first-order chi connectivity index (χ1) is 12.5. The van der Waals surface area contributed by atoms with Crippen molar-refractivity contribution in [2.75, 3.05) is 30.4 Å². The van der Waals surface area contributed by atoms with Crippen molar-refractivity contribution in [1.29, 1.82) is 0 Å². The molecule has 8 nitrogen and oxygen atoms in total. The molecule has 0 unspecified atom stereocenters. The normalized spacial score (nSPS) is 11.7. The Balaban J connectivity index is 2.13. The predicted molar refractivity (Wildman–Crippen MR) is 103 cm³/mol. The molecule has 3 rings (SSSR count). The lowest BCUT2D eigenvalue weighted by Gasteiger charge is -2.25. The van der Waals surface area contributed by atoms with Crippen LogP contribution in [0.4, 0.5) is 17.2 Å². The number of hydrogen-bond donors (Lipinski definition) is 3. The molecule has 26 heavy (non-hydrogen) atoms. The van der Waals surface area contributed by atoms with Gasteiger partial charge in [-0.1, -0.05) is 0 Å². The van der Waals surface area contributed by atoms with Crippen molar-refractivity contribution >= 4 is 38.2 Å². The van der Waals surface area contributed by atoms with E-state index >= 15 is 0 Å². The van der Waals surface area contributed by atoms with E-state index in [0.717, 1.165) is 24.2 Å². The second kappa shape index (κ2) is 7.30. The van der Waals surface area contributed by atoms with Gasteiger partial charge in [0.15, 0.2) is 0 Å². The quantitative estimate of drug-likeness (QED) is 0.587. The first-order valence-electron chi connectivity index (χ1n) is 8.37. The van der Waals surface area contributed by atoms with Gasteiger partial charge in [0, 0.05) is 19.3 Å². The number of anilines is 3. The standard InChI is InChI=1S/C17H22N6O2S/c1-4-23(5-2)15-7-6-12(26(24,25)18-3)10-14(15)22-17-13-8-9-19-16(13)20-11-21-17/h6-11,18H,4-5H2,1-3H3,(H2,19,20,21,22). The molecule has 1 aromatic carbocycles. The summed E-state index contributed by atoms with van der Waals surface area (Å²) in [4.78, 5) is 13.9. The molecule has 9 heteroatoms. The third-order valence-electron chi connectivity index (χ3n) is 4.26. The molecule has 138 valence electrons. The van der Waals surface area contributed by atoms with Gasteiger partial charge in [0.25, 0.3) is 0 Å². The fraction of sp³-hybridized carbons (Fsp3) is 0.294. The van der Waals surface area contributed by atoms with Gasteiger partial charge in [-0.05, 0) is 45.2 Å². The Morgan fingerprint density at radius 2 is 1.92 bits per heavy atom. The monoisotopic (exact) mass is 374 g/mol. The molecule has 0 saturated heterocycles. The first kappa shape index (κ1) is 18.2. The molecule has 3 N–H and O–H groups in total. The summed E-state index contributed by atoms with van der Waals surface area (Å²) >= 11 is 0. The second-order valence-corrected chi connectivity index (χ2v) is 7.53. The number of aromatic nitrogens is 3. The number of H-pyrrole nitrogens is 1. The van der Waals surface area contributed by atoms with Crippen LogP contribution in [0.5, 0.6) is 0 Å². The highest BCUT2D eigenvalue weighted by Crippen LogP contribution is 2.32. The Kier molecular flexibility index (Phi) is 5.10. The fourth-order valence-corrected chi connectivity index (χ4v) is 3.60. The van der Waals surface area contributed by atoms with Crippen LogP contribution in [0.2, 0.25) is 0 Å². The third-order valence-corrected chi connectivity index (χ3v) is 5.67. The van der Waals surface area contributed by atoms with Crippen molar-refractivity contribution < 1.29 is 8.42 Å². The van der Waals surface area contributed by atoms with Crippen LogP contribution < -0.4 is 14.9 Å². The van der Waals surface area contributed by atoms with Crippen molar-refractivity contribution in [2.45, 2.75) is 18.7 Å². The summed E-state index contributed by atoms with van der Waals surface area (Å²) in [5, 5.41) is 4.12. The highest BCUT2D eigenvalue weighted by molar-refractivity contribution is 7.89. The Morgan fingerprint density at radius 3 is 2.62 bits per heavy atom. The van der Waals surface area contributed by atoms with E-state index in [1.54, 1.807) is 18.3 Å². The van der Waals surface area contributed by atoms with Crippen molar-refractivity contribution in [1.82, 2.24) is 19.7 Å². The molecular weight excluding hydrogens is 352 g/mol. The zero-order chi connectivity index (χ0) is 18.7. The third kappa shape index (κ3) is 3.35. The summed E-state index contributed by atoms with van der Waals surface area (Å²) in [5.41, 5.74) is 2.30. The van der Waals surface area contributed by atoms with Gasteiger partial charge in [-0.25, -0.2) is 23.1 Å². The summed E-state index contributed by atoms with van der Waals surface area (Å²) in [7, 11) is -2.15. The number of aromatic amines is 1. The van der Waals surface area contributed by atoms with Crippen LogP contribution in [-0.2, 0) is 10.0 Å². The topological polar surface area (TPSA) is 103 Å². The average Bonchev–Trinajstić information content (AvgIpc) is 3.13. The maximum Gasteiger partial charge on any atom is 0.240 e. The SMILES string of the molecule is CCN(CC)c1ccc(S(=O)(=O)NC)cc1Nc1ncnc2[nH]ccc12. The number of nitrogens with zero attached hydrogens (tertiary/aromatic N) is 3. The maximum atomic E-state index is 12.2. The Labute approximate surface area is 152 Å². The Hall–Kier alpha value is -2.65. The van der Waals surface area contributed by atoms with Crippen LogP contribution in [0.25, 0.3) is 11.0 Å². The fourth-order valence-electron chi connectivity index (χ4n) is 2.84. The molecule has 0 aliphatic carbocycles. The average molecular weight is 374 g/mol. The lowest BCUT2D eigenvalue weighted by Crippen LogP contribution is -2.24. The van der Waals surface area contributed by atoms with Gasteiger partial charge in [0.1, 0.15) is 17.8 Å². The van der Waals surface area contributed by atoms with Crippen LogP contribution in [0, 0.1) is 0 Å². The van der Waals surface area contributed by atoms with E-state index in [-0.39, 0.29) is 4.90 Å². The molecule has 0 aliphatic heterocycles. The summed E-state index contributed by atoms with van der Waals surface area (Å²) in [6, 6.07) is 6.93. The molecule has 2 aromatic heterocycles. The molecule has 3 aromatic rings. The molecular formula is C17H22N6O2S. The number of benzene rings is 1. The molecule has 0 radical (unpaired) electrons.